The summed E-state index contributed by atoms with van der Waals surface area (Å²) in [6.45, 7) is 2.30. The minimum Gasteiger partial charge on any atom is -0.496 e. The van der Waals surface area contributed by atoms with Crippen LogP contribution in [0.4, 0.5) is 5.69 Å². The van der Waals surface area contributed by atoms with Crippen molar-refractivity contribution in [1.82, 2.24) is 0 Å². The van der Waals surface area contributed by atoms with Gasteiger partial charge in [0.2, 0.25) is 5.91 Å². The number of rotatable bonds is 7. The molecule has 0 fully saturated rings. The number of carbonyl (C=O) groups excluding carboxylic acids is 2. The monoisotopic (exact) mass is 328 g/mol. The summed E-state index contributed by atoms with van der Waals surface area (Å²) in [6.07, 6.45) is 0. The van der Waals surface area contributed by atoms with Crippen molar-refractivity contribution >= 4 is 17.5 Å². The third-order valence-electron chi connectivity index (χ3n) is 3.74. The average molecular weight is 328 g/mol. The molecule has 0 radical (unpaired) electrons. The summed E-state index contributed by atoms with van der Waals surface area (Å²) in [7, 11) is 1.63. The first-order chi connectivity index (χ1) is 11.5. The lowest BCUT2D eigenvalue weighted by molar-refractivity contribution is -0.682. The Balaban J connectivity index is 1.89. The molecule has 126 valence electrons. The minimum atomic E-state index is -0.494. The van der Waals surface area contributed by atoms with Crippen LogP contribution in [0.15, 0.2) is 48.5 Å². The van der Waals surface area contributed by atoms with E-state index in [9.17, 15) is 9.59 Å². The highest BCUT2D eigenvalue weighted by Crippen LogP contribution is 2.21. The van der Waals surface area contributed by atoms with Gasteiger partial charge in [-0.3, -0.25) is 9.59 Å². The molecule has 2 rings (SSSR count). The van der Waals surface area contributed by atoms with Gasteiger partial charge in [-0.25, -0.2) is 0 Å². The standard InChI is InChI=1S/C18H21N3O3/c1-12(15-5-3-4-6-16(15)24-2)20-11-17(22)21-14-9-7-13(8-10-14)18(19)23/h3-10,12,20H,11H2,1-2H3,(H2,19,23)(H,21,22)/p+1/t12-/m1/s1. The second-order valence-electron chi connectivity index (χ2n) is 5.46. The number of anilines is 1. The van der Waals surface area contributed by atoms with Crippen molar-refractivity contribution < 1.29 is 19.6 Å². The average Bonchev–Trinajstić information content (AvgIpc) is 2.60. The number of primary amides is 1. The Morgan fingerprint density at radius 1 is 1.17 bits per heavy atom. The molecule has 0 saturated heterocycles. The SMILES string of the molecule is COc1ccccc1[C@@H](C)[NH2+]CC(=O)Nc1ccc(C(N)=O)cc1. The van der Waals surface area contributed by atoms with Crippen LogP contribution >= 0.6 is 0 Å². The Bertz CT molecular complexity index is 714. The molecule has 0 aliphatic rings. The maximum absolute atomic E-state index is 12.1. The van der Waals surface area contributed by atoms with Gasteiger partial charge in [0.15, 0.2) is 6.54 Å². The van der Waals surface area contributed by atoms with E-state index in [1.165, 1.54) is 0 Å². The Morgan fingerprint density at radius 3 is 2.46 bits per heavy atom. The number of benzene rings is 2. The Hall–Kier alpha value is -2.86. The van der Waals surface area contributed by atoms with Gasteiger partial charge in [-0.15, -0.1) is 0 Å². The van der Waals surface area contributed by atoms with Crippen LogP contribution in [0.1, 0.15) is 28.9 Å². The number of quaternary nitrogens is 1. The molecule has 0 heterocycles. The molecule has 2 aromatic carbocycles. The van der Waals surface area contributed by atoms with Crippen molar-refractivity contribution in [2.45, 2.75) is 13.0 Å². The second kappa shape index (κ2) is 8.12. The number of nitrogens with one attached hydrogen (secondary N) is 1. The van der Waals surface area contributed by atoms with E-state index in [1.807, 2.05) is 36.5 Å². The zero-order valence-electron chi connectivity index (χ0n) is 13.8. The van der Waals surface area contributed by atoms with Gasteiger partial charge < -0.3 is 21.1 Å². The number of amides is 2. The van der Waals surface area contributed by atoms with E-state index in [0.717, 1.165) is 11.3 Å². The predicted molar refractivity (Wildman–Crippen MR) is 91.8 cm³/mol. The van der Waals surface area contributed by atoms with Gasteiger partial charge in [0.1, 0.15) is 11.8 Å². The van der Waals surface area contributed by atoms with Crippen LogP contribution in [0.5, 0.6) is 5.75 Å². The summed E-state index contributed by atoms with van der Waals surface area (Å²) in [6, 6.07) is 14.3. The van der Waals surface area contributed by atoms with E-state index in [2.05, 4.69) is 5.32 Å². The van der Waals surface area contributed by atoms with Gasteiger partial charge >= 0.3 is 0 Å². The lowest BCUT2D eigenvalue weighted by Gasteiger charge is -2.14. The number of hydrogen-bond donors (Lipinski definition) is 3. The molecule has 2 aromatic rings. The van der Waals surface area contributed by atoms with Crippen molar-refractivity contribution in [1.29, 1.82) is 0 Å². The number of methoxy groups -OCH3 is 1. The van der Waals surface area contributed by atoms with Crippen molar-refractivity contribution in [3.05, 3.63) is 59.7 Å². The quantitative estimate of drug-likeness (QED) is 0.709. The predicted octanol–water partition coefficient (Wildman–Crippen LogP) is 1.06. The van der Waals surface area contributed by atoms with Crippen LogP contribution in [0.2, 0.25) is 0 Å². The number of hydrogen-bond acceptors (Lipinski definition) is 3. The molecule has 6 nitrogen and oxygen atoms in total. The van der Waals surface area contributed by atoms with Gasteiger partial charge in [-0.1, -0.05) is 12.1 Å². The van der Waals surface area contributed by atoms with E-state index in [0.29, 0.717) is 11.3 Å². The Kier molecular flexibility index (Phi) is 5.92. The number of para-hydroxylation sites is 1. The summed E-state index contributed by atoms with van der Waals surface area (Å²) in [5.74, 6) is 0.194. The number of nitrogens with two attached hydrogens (primary N) is 2. The third kappa shape index (κ3) is 4.57. The highest BCUT2D eigenvalue weighted by molar-refractivity contribution is 5.95. The number of ether oxygens (including phenoxy) is 1. The van der Waals surface area contributed by atoms with E-state index >= 15 is 0 Å². The first kappa shape index (κ1) is 17.5. The summed E-state index contributed by atoms with van der Waals surface area (Å²) in [4.78, 5) is 23.1. The summed E-state index contributed by atoms with van der Waals surface area (Å²) >= 11 is 0. The summed E-state index contributed by atoms with van der Waals surface area (Å²) in [5.41, 5.74) is 7.26. The van der Waals surface area contributed by atoms with E-state index in [1.54, 1.807) is 31.4 Å². The van der Waals surface area contributed by atoms with Crippen LogP contribution < -0.4 is 21.1 Å². The van der Waals surface area contributed by atoms with E-state index < -0.39 is 5.91 Å². The highest BCUT2D eigenvalue weighted by Gasteiger charge is 2.15. The zero-order valence-corrected chi connectivity index (χ0v) is 13.8. The van der Waals surface area contributed by atoms with Gasteiger partial charge in [0, 0.05) is 11.3 Å². The molecule has 1 atom stereocenters. The molecule has 0 bridgehead atoms. The van der Waals surface area contributed by atoms with Crippen molar-refractivity contribution in [3.63, 3.8) is 0 Å². The van der Waals surface area contributed by atoms with Crippen LogP contribution in [0.25, 0.3) is 0 Å². The molecular weight excluding hydrogens is 306 g/mol. The molecular formula is C18H22N3O3+. The first-order valence-corrected chi connectivity index (χ1v) is 7.67. The normalized spacial score (nSPS) is 11.6. The fourth-order valence-electron chi connectivity index (χ4n) is 2.38. The van der Waals surface area contributed by atoms with Crippen LogP contribution in [0.3, 0.4) is 0 Å². The molecule has 0 spiro atoms. The van der Waals surface area contributed by atoms with Crippen LogP contribution in [0, 0.1) is 0 Å². The lowest BCUT2D eigenvalue weighted by Crippen LogP contribution is -2.86. The summed E-state index contributed by atoms with van der Waals surface area (Å²) < 4.78 is 5.34. The topological polar surface area (TPSA) is 98.0 Å². The van der Waals surface area contributed by atoms with E-state index in [4.69, 9.17) is 10.5 Å². The summed E-state index contributed by atoms with van der Waals surface area (Å²) in [5, 5.41) is 4.73. The van der Waals surface area contributed by atoms with Crippen molar-refractivity contribution in [2.24, 2.45) is 5.73 Å². The van der Waals surface area contributed by atoms with Gasteiger partial charge in [-0.2, -0.15) is 0 Å². The van der Waals surface area contributed by atoms with Gasteiger partial charge in [0.05, 0.1) is 12.7 Å². The third-order valence-corrected chi connectivity index (χ3v) is 3.74. The highest BCUT2D eigenvalue weighted by atomic mass is 16.5. The largest absolute Gasteiger partial charge is 0.496 e. The molecule has 0 aromatic heterocycles. The first-order valence-electron chi connectivity index (χ1n) is 7.67. The lowest BCUT2D eigenvalue weighted by atomic mass is 10.1. The molecule has 0 aliphatic heterocycles. The zero-order chi connectivity index (χ0) is 17.5. The molecule has 24 heavy (non-hydrogen) atoms. The fourth-order valence-corrected chi connectivity index (χ4v) is 2.38. The molecule has 5 N–H and O–H groups in total. The van der Waals surface area contributed by atoms with Gasteiger partial charge in [0.25, 0.3) is 5.91 Å². The van der Waals surface area contributed by atoms with E-state index in [-0.39, 0.29) is 18.5 Å². The van der Waals surface area contributed by atoms with Crippen molar-refractivity contribution in [3.8, 4) is 5.75 Å². The smallest absolute Gasteiger partial charge is 0.279 e. The van der Waals surface area contributed by atoms with Crippen LogP contribution in [-0.4, -0.2) is 25.5 Å². The molecule has 0 aliphatic carbocycles. The molecule has 2 amide bonds. The maximum atomic E-state index is 12.1. The van der Waals surface area contributed by atoms with Crippen molar-refractivity contribution in [2.75, 3.05) is 19.0 Å². The molecule has 0 saturated carbocycles. The van der Waals surface area contributed by atoms with Crippen LogP contribution in [-0.2, 0) is 4.79 Å². The molecule has 6 heteroatoms. The Labute approximate surface area is 141 Å². The minimum absolute atomic E-state index is 0.0872. The second-order valence-corrected chi connectivity index (χ2v) is 5.46. The maximum Gasteiger partial charge on any atom is 0.279 e. The van der Waals surface area contributed by atoms with Gasteiger partial charge in [-0.05, 0) is 43.3 Å². The number of carbonyl (C=O) groups is 2. The fraction of sp³-hybridized carbons (Fsp3) is 0.222. The Morgan fingerprint density at radius 2 is 1.83 bits per heavy atom. The molecule has 0 unspecified atom stereocenters.